The normalized spacial score (nSPS) is 16.9. The van der Waals surface area contributed by atoms with Gasteiger partial charge in [0.1, 0.15) is 5.69 Å². The van der Waals surface area contributed by atoms with Crippen molar-refractivity contribution in [1.82, 2.24) is 20.0 Å². The van der Waals surface area contributed by atoms with E-state index in [4.69, 9.17) is 9.84 Å². The molecule has 1 N–H and O–H groups in total. The minimum Gasteiger partial charge on any atom is -0.379 e. The number of para-hydroxylation sites is 1. The molecule has 1 aliphatic carbocycles. The molecule has 1 aliphatic heterocycles. The fourth-order valence-corrected chi connectivity index (χ4v) is 4.06. The molecule has 0 spiro atoms. The quantitative estimate of drug-likeness (QED) is 0.640. The summed E-state index contributed by atoms with van der Waals surface area (Å²) in [5.74, 6) is 0.398. The van der Waals surface area contributed by atoms with Crippen molar-refractivity contribution in [2.45, 2.75) is 31.8 Å². The summed E-state index contributed by atoms with van der Waals surface area (Å²) < 4.78 is 7.24. The summed E-state index contributed by atoms with van der Waals surface area (Å²) in [5, 5.41) is 7.88. The van der Waals surface area contributed by atoms with Crippen molar-refractivity contribution in [2.75, 3.05) is 26.3 Å². The van der Waals surface area contributed by atoms with Crippen LogP contribution in [0.3, 0.4) is 0 Å². The van der Waals surface area contributed by atoms with E-state index in [0.29, 0.717) is 18.2 Å². The molecule has 6 heteroatoms. The van der Waals surface area contributed by atoms with Crippen molar-refractivity contribution in [3.63, 3.8) is 0 Å². The van der Waals surface area contributed by atoms with Crippen LogP contribution in [-0.4, -0.2) is 46.9 Å². The Hall–Kier alpha value is -2.96. The van der Waals surface area contributed by atoms with Crippen molar-refractivity contribution in [2.24, 2.45) is 0 Å². The van der Waals surface area contributed by atoms with Gasteiger partial charge in [-0.05, 0) is 42.2 Å². The van der Waals surface area contributed by atoms with Crippen LogP contribution in [0.25, 0.3) is 5.69 Å². The molecule has 1 saturated carbocycles. The van der Waals surface area contributed by atoms with Crippen LogP contribution in [-0.2, 0) is 17.8 Å². The van der Waals surface area contributed by atoms with Gasteiger partial charge in [-0.2, -0.15) is 5.10 Å². The number of amides is 1. The maximum atomic E-state index is 13.2. The number of carbonyl (C=O) groups is 1. The second kappa shape index (κ2) is 9.04. The van der Waals surface area contributed by atoms with E-state index in [9.17, 15) is 4.79 Å². The van der Waals surface area contributed by atoms with Gasteiger partial charge in [0.05, 0.1) is 24.6 Å². The first kappa shape index (κ1) is 20.0. The number of carbonyl (C=O) groups excluding carboxylic acids is 1. The molecular weight excluding hydrogens is 388 g/mol. The highest BCUT2D eigenvalue weighted by molar-refractivity contribution is 5.93. The largest absolute Gasteiger partial charge is 0.379 e. The van der Waals surface area contributed by atoms with Gasteiger partial charge in [0.15, 0.2) is 0 Å². The topological polar surface area (TPSA) is 59.4 Å². The Bertz CT molecular complexity index is 1040. The Morgan fingerprint density at radius 3 is 2.45 bits per heavy atom. The van der Waals surface area contributed by atoms with Gasteiger partial charge in [0.25, 0.3) is 5.91 Å². The molecule has 0 unspecified atom stereocenters. The molecule has 2 aliphatic rings. The lowest BCUT2D eigenvalue weighted by atomic mass is 10.1. The Labute approximate surface area is 182 Å². The van der Waals surface area contributed by atoms with Crippen molar-refractivity contribution in [1.29, 1.82) is 0 Å². The summed E-state index contributed by atoms with van der Waals surface area (Å²) in [6.07, 6.45) is 2.31. The number of morpholine rings is 1. The van der Waals surface area contributed by atoms with E-state index in [-0.39, 0.29) is 5.91 Å². The molecule has 31 heavy (non-hydrogen) atoms. The summed E-state index contributed by atoms with van der Waals surface area (Å²) in [7, 11) is 0. The minimum atomic E-state index is -0.0931. The molecule has 0 atom stereocenters. The van der Waals surface area contributed by atoms with Crippen LogP contribution < -0.4 is 5.32 Å². The van der Waals surface area contributed by atoms with Gasteiger partial charge >= 0.3 is 0 Å². The number of rotatable bonds is 7. The third kappa shape index (κ3) is 4.70. The second-order valence-corrected chi connectivity index (χ2v) is 8.32. The first-order chi connectivity index (χ1) is 15.3. The summed E-state index contributed by atoms with van der Waals surface area (Å²) in [6.45, 7) is 4.83. The van der Waals surface area contributed by atoms with Gasteiger partial charge in [-0.3, -0.25) is 9.69 Å². The van der Waals surface area contributed by atoms with Crippen LogP contribution in [0.4, 0.5) is 0 Å². The van der Waals surface area contributed by atoms with E-state index in [1.807, 2.05) is 42.5 Å². The molecule has 1 aromatic heterocycles. The maximum absolute atomic E-state index is 13.2. The van der Waals surface area contributed by atoms with E-state index in [0.717, 1.165) is 62.6 Å². The molecule has 1 saturated heterocycles. The zero-order chi connectivity index (χ0) is 21.0. The molecule has 1 amide bonds. The van der Waals surface area contributed by atoms with E-state index < -0.39 is 0 Å². The molecule has 2 heterocycles. The number of nitrogens with zero attached hydrogens (tertiary/aromatic N) is 3. The lowest BCUT2D eigenvalue weighted by molar-refractivity contribution is 0.0340. The van der Waals surface area contributed by atoms with Crippen molar-refractivity contribution in [3.05, 3.63) is 83.2 Å². The number of ether oxygens (including phenoxy) is 1. The van der Waals surface area contributed by atoms with Crippen molar-refractivity contribution < 1.29 is 9.53 Å². The number of hydrogen-bond acceptors (Lipinski definition) is 4. The Morgan fingerprint density at radius 1 is 1.00 bits per heavy atom. The van der Waals surface area contributed by atoms with Crippen molar-refractivity contribution >= 4 is 5.91 Å². The maximum Gasteiger partial charge on any atom is 0.270 e. The molecule has 6 nitrogen and oxygen atoms in total. The Balaban J connectivity index is 1.32. The average molecular weight is 417 g/mol. The third-order valence-corrected chi connectivity index (χ3v) is 6.01. The first-order valence-corrected chi connectivity index (χ1v) is 11.1. The van der Waals surface area contributed by atoms with Crippen LogP contribution >= 0.6 is 0 Å². The fourth-order valence-electron chi connectivity index (χ4n) is 4.06. The summed E-state index contributed by atoms with van der Waals surface area (Å²) in [5.41, 5.74) is 4.92. The fraction of sp³-hybridized carbons (Fsp3) is 0.360. The highest BCUT2D eigenvalue weighted by Crippen LogP contribution is 2.39. The highest BCUT2D eigenvalue weighted by atomic mass is 16.5. The standard InChI is InChI=1S/C25H28N4O2/c30-25(24-16-23(19-10-11-19)27-29(24)22-8-2-1-3-9-22)26-17-20-6-4-5-7-21(20)18-28-12-14-31-15-13-28/h1-9,16,19H,10-15,17-18H2,(H,26,30). The zero-order valence-corrected chi connectivity index (χ0v) is 17.7. The van der Waals surface area contributed by atoms with Crippen LogP contribution in [0.2, 0.25) is 0 Å². The molecule has 2 fully saturated rings. The van der Waals surface area contributed by atoms with Crippen LogP contribution in [0.15, 0.2) is 60.7 Å². The molecule has 3 aromatic rings. The second-order valence-electron chi connectivity index (χ2n) is 8.32. The SMILES string of the molecule is O=C(NCc1ccccc1CN1CCOCC1)c1cc(C2CC2)nn1-c1ccccc1. The predicted molar refractivity (Wildman–Crippen MR) is 119 cm³/mol. The average Bonchev–Trinajstić information content (AvgIpc) is 3.58. The van der Waals surface area contributed by atoms with E-state index in [2.05, 4.69) is 28.4 Å². The van der Waals surface area contributed by atoms with Gasteiger partial charge in [-0.15, -0.1) is 0 Å². The Morgan fingerprint density at radius 2 is 1.71 bits per heavy atom. The van der Waals surface area contributed by atoms with E-state index in [1.165, 1.54) is 5.56 Å². The summed E-state index contributed by atoms with van der Waals surface area (Å²) in [4.78, 5) is 15.6. The van der Waals surface area contributed by atoms with Crippen LogP contribution in [0.5, 0.6) is 0 Å². The molecule has 0 radical (unpaired) electrons. The smallest absolute Gasteiger partial charge is 0.270 e. The molecule has 2 aromatic carbocycles. The predicted octanol–water partition coefficient (Wildman–Crippen LogP) is 3.51. The third-order valence-electron chi connectivity index (χ3n) is 6.01. The number of aromatic nitrogens is 2. The lowest BCUT2D eigenvalue weighted by Gasteiger charge is -2.27. The van der Waals surface area contributed by atoms with Gasteiger partial charge in [0.2, 0.25) is 0 Å². The monoisotopic (exact) mass is 416 g/mol. The lowest BCUT2D eigenvalue weighted by Crippen LogP contribution is -2.36. The van der Waals surface area contributed by atoms with Gasteiger partial charge in [-0.25, -0.2) is 4.68 Å². The Kier molecular flexibility index (Phi) is 5.82. The highest BCUT2D eigenvalue weighted by Gasteiger charge is 2.29. The number of benzene rings is 2. The van der Waals surface area contributed by atoms with Gasteiger partial charge in [-0.1, -0.05) is 42.5 Å². The molecular formula is C25H28N4O2. The molecule has 5 rings (SSSR count). The number of nitrogens with one attached hydrogen (secondary N) is 1. The number of hydrogen-bond donors (Lipinski definition) is 1. The molecule has 0 bridgehead atoms. The van der Waals surface area contributed by atoms with E-state index in [1.54, 1.807) is 4.68 Å². The summed E-state index contributed by atoms with van der Waals surface area (Å²) >= 11 is 0. The summed E-state index contributed by atoms with van der Waals surface area (Å²) in [6, 6.07) is 20.2. The van der Waals surface area contributed by atoms with Crippen molar-refractivity contribution in [3.8, 4) is 5.69 Å². The van der Waals surface area contributed by atoms with Crippen LogP contribution in [0.1, 0.15) is 46.1 Å². The van der Waals surface area contributed by atoms with Crippen LogP contribution in [0, 0.1) is 0 Å². The molecule has 160 valence electrons. The minimum absolute atomic E-state index is 0.0931. The van der Waals surface area contributed by atoms with Gasteiger partial charge in [0, 0.05) is 32.1 Å². The first-order valence-electron chi connectivity index (χ1n) is 11.1. The van der Waals surface area contributed by atoms with E-state index >= 15 is 0 Å². The van der Waals surface area contributed by atoms with Gasteiger partial charge < -0.3 is 10.1 Å². The zero-order valence-electron chi connectivity index (χ0n) is 17.7.